The molecule has 0 radical (unpaired) electrons. The summed E-state index contributed by atoms with van der Waals surface area (Å²) in [4.78, 5) is 42.7. The van der Waals surface area contributed by atoms with Crippen LogP contribution in [0.4, 0.5) is 0 Å². The highest BCUT2D eigenvalue weighted by molar-refractivity contribution is 6.16. The molecular formula is C15H24O7. The highest BCUT2D eigenvalue weighted by Crippen LogP contribution is 2.00. The maximum Gasteiger partial charge on any atom is 0.344 e. The zero-order valence-corrected chi connectivity index (χ0v) is 13.8. The number of esters is 2. The summed E-state index contributed by atoms with van der Waals surface area (Å²) in [6, 6.07) is 0. The molecule has 0 rings (SSSR count). The minimum Gasteiger partial charge on any atom is -0.500 e. The third-order valence-electron chi connectivity index (χ3n) is 1.94. The van der Waals surface area contributed by atoms with Gasteiger partial charge in [0.2, 0.25) is 0 Å². The quantitative estimate of drug-likeness (QED) is 0.220. The molecule has 0 aromatic carbocycles. The summed E-state index contributed by atoms with van der Waals surface area (Å²) >= 11 is 0. The molecule has 0 N–H and O–H groups in total. The Balaban J connectivity index is 0. The van der Waals surface area contributed by atoms with Crippen LogP contribution in [0.5, 0.6) is 0 Å². The summed E-state index contributed by atoms with van der Waals surface area (Å²) < 4.78 is 14.0. The number of carbonyl (C=O) groups is 4. The maximum absolute atomic E-state index is 11.1. The van der Waals surface area contributed by atoms with E-state index in [-0.39, 0.29) is 30.2 Å². The molecule has 0 atom stereocenters. The molecule has 0 amide bonds. The van der Waals surface area contributed by atoms with Gasteiger partial charge in [0.15, 0.2) is 5.78 Å². The van der Waals surface area contributed by atoms with E-state index in [1.54, 1.807) is 20.8 Å². The van der Waals surface area contributed by atoms with Crippen molar-refractivity contribution in [3.05, 3.63) is 11.8 Å². The number of hydrogen-bond donors (Lipinski definition) is 0. The van der Waals surface area contributed by atoms with Gasteiger partial charge >= 0.3 is 11.9 Å². The van der Waals surface area contributed by atoms with Gasteiger partial charge in [-0.1, -0.05) is 0 Å². The number of ketones is 2. The van der Waals surface area contributed by atoms with Crippen LogP contribution in [0, 0.1) is 0 Å². The second-order valence-electron chi connectivity index (χ2n) is 3.95. The molecule has 0 heterocycles. The SMILES string of the molecule is CCOC(=O)CC(C)=O.CCOC=C(C(C)=O)C(=O)OCC. The molecule has 0 bridgehead atoms. The van der Waals surface area contributed by atoms with Gasteiger partial charge in [-0.3, -0.25) is 14.4 Å². The van der Waals surface area contributed by atoms with Gasteiger partial charge in [-0.25, -0.2) is 4.79 Å². The van der Waals surface area contributed by atoms with Crippen LogP contribution in [0.25, 0.3) is 0 Å². The first-order valence-electron chi connectivity index (χ1n) is 6.94. The number of ether oxygens (including phenoxy) is 3. The molecule has 22 heavy (non-hydrogen) atoms. The van der Waals surface area contributed by atoms with E-state index in [4.69, 9.17) is 4.74 Å². The van der Waals surface area contributed by atoms with Gasteiger partial charge < -0.3 is 14.2 Å². The van der Waals surface area contributed by atoms with Gasteiger partial charge in [0.1, 0.15) is 24.0 Å². The minimum atomic E-state index is -0.636. The topological polar surface area (TPSA) is 96.0 Å². The zero-order chi connectivity index (χ0) is 17.5. The Kier molecular flexibility index (Phi) is 13.9. The van der Waals surface area contributed by atoms with E-state index in [0.29, 0.717) is 13.2 Å². The molecule has 0 spiro atoms. The number of carbonyl (C=O) groups excluding carboxylic acids is 4. The van der Waals surface area contributed by atoms with Gasteiger partial charge in [-0.2, -0.15) is 0 Å². The van der Waals surface area contributed by atoms with Gasteiger partial charge in [0.25, 0.3) is 0 Å². The van der Waals surface area contributed by atoms with Crippen LogP contribution in [0.3, 0.4) is 0 Å². The highest BCUT2D eigenvalue weighted by atomic mass is 16.5. The smallest absolute Gasteiger partial charge is 0.344 e. The molecule has 0 aromatic heterocycles. The molecular weight excluding hydrogens is 292 g/mol. The Morgan fingerprint density at radius 2 is 1.41 bits per heavy atom. The summed E-state index contributed by atoms with van der Waals surface area (Å²) in [6.45, 7) is 8.80. The van der Waals surface area contributed by atoms with Crippen LogP contribution in [0.2, 0.25) is 0 Å². The fourth-order valence-electron chi connectivity index (χ4n) is 1.07. The van der Waals surface area contributed by atoms with Crippen LogP contribution in [-0.4, -0.2) is 43.3 Å². The zero-order valence-electron chi connectivity index (χ0n) is 13.8. The Hall–Kier alpha value is -2.18. The third kappa shape index (κ3) is 12.8. The molecule has 0 aromatic rings. The van der Waals surface area contributed by atoms with Crippen molar-refractivity contribution in [2.75, 3.05) is 19.8 Å². The lowest BCUT2D eigenvalue weighted by Gasteiger charge is -2.03. The van der Waals surface area contributed by atoms with Gasteiger partial charge in [-0.05, 0) is 34.6 Å². The molecule has 7 heteroatoms. The lowest BCUT2D eigenvalue weighted by molar-refractivity contribution is -0.145. The summed E-state index contributed by atoms with van der Waals surface area (Å²) in [6.07, 6.45) is 1.04. The monoisotopic (exact) mass is 316 g/mol. The molecule has 126 valence electrons. The molecule has 0 saturated heterocycles. The first-order chi connectivity index (χ1) is 10.3. The predicted octanol–water partition coefficient (Wildman–Crippen LogP) is 1.59. The van der Waals surface area contributed by atoms with Crippen molar-refractivity contribution in [1.82, 2.24) is 0 Å². The normalized spacial score (nSPS) is 9.95. The van der Waals surface area contributed by atoms with Crippen molar-refractivity contribution < 1.29 is 33.4 Å². The summed E-state index contributed by atoms with van der Waals surface area (Å²) in [5.74, 6) is -1.59. The van der Waals surface area contributed by atoms with E-state index in [1.807, 2.05) is 0 Å². The van der Waals surface area contributed by atoms with Crippen molar-refractivity contribution in [3.63, 3.8) is 0 Å². The van der Waals surface area contributed by atoms with Crippen LogP contribution in [0.1, 0.15) is 41.0 Å². The van der Waals surface area contributed by atoms with E-state index in [0.717, 1.165) is 6.26 Å². The van der Waals surface area contributed by atoms with Crippen molar-refractivity contribution in [3.8, 4) is 0 Å². The fraction of sp³-hybridized carbons (Fsp3) is 0.600. The Bertz CT molecular complexity index is 410. The van der Waals surface area contributed by atoms with Crippen molar-refractivity contribution in [1.29, 1.82) is 0 Å². The largest absolute Gasteiger partial charge is 0.500 e. The molecule has 7 nitrogen and oxygen atoms in total. The van der Waals surface area contributed by atoms with Crippen molar-refractivity contribution in [2.24, 2.45) is 0 Å². The highest BCUT2D eigenvalue weighted by Gasteiger charge is 2.15. The Labute approximate surface area is 130 Å². The van der Waals surface area contributed by atoms with Gasteiger partial charge in [0, 0.05) is 0 Å². The molecule has 0 saturated carbocycles. The first-order valence-corrected chi connectivity index (χ1v) is 6.94. The van der Waals surface area contributed by atoms with Gasteiger partial charge in [-0.15, -0.1) is 0 Å². The summed E-state index contributed by atoms with van der Waals surface area (Å²) in [5, 5.41) is 0. The van der Waals surface area contributed by atoms with Gasteiger partial charge in [0.05, 0.1) is 19.8 Å². The average molecular weight is 316 g/mol. The first kappa shape index (κ1) is 22.1. The van der Waals surface area contributed by atoms with E-state index >= 15 is 0 Å². The summed E-state index contributed by atoms with van der Waals surface area (Å²) in [7, 11) is 0. The lowest BCUT2D eigenvalue weighted by Crippen LogP contribution is -2.14. The van der Waals surface area contributed by atoms with Crippen LogP contribution in [-0.2, 0) is 33.4 Å². The van der Waals surface area contributed by atoms with Crippen LogP contribution >= 0.6 is 0 Å². The fourth-order valence-corrected chi connectivity index (χ4v) is 1.07. The summed E-state index contributed by atoms with van der Waals surface area (Å²) in [5.41, 5.74) is -0.0521. The van der Waals surface area contributed by atoms with E-state index in [9.17, 15) is 19.2 Å². The van der Waals surface area contributed by atoms with Crippen LogP contribution < -0.4 is 0 Å². The standard InChI is InChI=1S/C9H14O4.C6H10O3/c1-4-12-6-8(7(3)10)9(11)13-5-2;1-3-9-6(8)4-5(2)7/h6H,4-5H2,1-3H3;3-4H2,1-2H3. The number of rotatable bonds is 8. The third-order valence-corrected chi connectivity index (χ3v) is 1.94. The minimum absolute atomic E-state index is 0.0521. The van der Waals surface area contributed by atoms with Crippen molar-refractivity contribution in [2.45, 2.75) is 41.0 Å². The second-order valence-corrected chi connectivity index (χ2v) is 3.95. The van der Waals surface area contributed by atoms with E-state index in [2.05, 4.69) is 9.47 Å². The molecule has 0 unspecified atom stereocenters. The number of Topliss-reactive ketones (excluding diaryl/α,β-unsaturated/α-hetero) is 2. The number of hydrogen-bond acceptors (Lipinski definition) is 7. The second kappa shape index (κ2) is 13.8. The Morgan fingerprint density at radius 3 is 1.77 bits per heavy atom. The van der Waals surface area contributed by atoms with Crippen LogP contribution in [0.15, 0.2) is 11.8 Å². The predicted molar refractivity (Wildman–Crippen MR) is 79.0 cm³/mol. The van der Waals surface area contributed by atoms with E-state index in [1.165, 1.54) is 13.8 Å². The van der Waals surface area contributed by atoms with E-state index < -0.39 is 11.9 Å². The average Bonchev–Trinajstić information content (AvgIpc) is 2.39. The maximum atomic E-state index is 11.1. The molecule has 0 fully saturated rings. The van der Waals surface area contributed by atoms with Crippen molar-refractivity contribution >= 4 is 23.5 Å². The molecule has 0 aliphatic heterocycles. The Morgan fingerprint density at radius 1 is 0.864 bits per heavy atom. The molecule has 0 aliphatic carbocycles. The molecule has 0 aliphatic rings. The lowest BCUT2D eigenvalue weighted by atomic mass is 10.2.